The summed E-state index contributed by atoms with van der Waals surface area (Å²) in [6, 6.07) is 17.1. The number of imidazole rings is 1. The third-order valence-corrected chi connectivity index (χ3v) is 4.58. The van der Waals surface area contributed by atoms with Crippen LogP contribution in [-0.2, 0) is 16.9 Å². The highest BCUT2D eigenvalue weighted by Gasteiger charge is 2.32. The Labute approximate surface area is 172 Å². The topological polar surface area (TPSA) is 72.9 Å². The zero-order chi connectivity index (χ0) is 18.0. The van der Waals surface area contributed by atoms with Crippen LogP contribution in [0.15, 0.2) is 54.6 Å². The van der Waals surface area contributed by atoms with Crippen LogP contribution in [0.3, 0.4) is 0 Å². The molecular formula is C20H26Cl2N4O. The van der Waals surface area contributed by atoms with Gasteiger partial charge in [0.05, 0.1) is 17.1 Å². The van der Waals surface area contributed by atoms with Crippen LogP contribution in [0.25, 0.3) is 11.0 Å². The van der Waals surface area contributed by atoms with Gasteiger partial charge < -0.3 is 15.6 Å². The van der Waals surface area contributed by atoms with Gasteiger partial charge in [-0.15, -0.1) is 24.8 Å². The van der Waals surface area contributed by atoms with Crippen LogP contribution in [0.4, 0.5) is 0 Å². The van der Waals surface area contributed by atoms with Crippen LogP contribution in [0, 0.1) is 0 Å². The largest absolute Gasteiger partial charge is 0.345 e. The van der Waals surface area contributed by atoms with Crippen LogP contribution in [0.2, 0.25) is 0 Å². The van der Waals surface area contributed by atoms with Gasteiger partial charge in [0.25, 0.3) is 0 Å². The molecule has 1 amide bonds. The number of nitrogens with zero attached hydrogens (tertiary/aromatic N) is 2. The Morgan fingerprint density at radius 2 is 1.74 bits per heavy atom. The van der Waals surface area contributed by atoms with Gasteiger partial charge in [0.15, 0.2) is 0 Å². The highest BCUT2D eigenvalue weighted by atomic mass is 35.5. The molecule has 0 spiro atoms. The van der Waals surface area contributed by atoms with Crippen molar-refractivity contribution in [3.8, 4) is 0 Å². The predicted octanol–water partition coefficient (Wildman–Crippen LogP) is 3.95. The normalized spacial score (nSPS) is 13.8. The second-order valence-corrected chi connectivity index (χ2v) is 6.47. The fourth-order valence-corrected chi connectivity index (χ4v) is 3.08. The number of benzene rings is 2. The van der Waals surface area contributed by atoms with Gasteiger partial charge >= 0.3 is 0 Å². The number of carbonyl (C=O) groups excluding carboxylic acids is 1. The molecule has 0 aliphatic heterocycles. The van der Waals surface area contributed by atoms with E-state index in [1.807, 2.05) is 61.5 Å². The van der Waals surface area contributed by atoms with E-state index in [2.05, 4.69) is 16.8 Å². The van der Waals surface area contributed by atoms with Crippen LogP contribution in [-0.4, -0.2) is 15.5 Å². The molecule has 3 N–H and O–H groups in total. The van der Waals surface area contributed by atoms with Crippen molar-refractivity contribution in [3.63, 3.8) is 0 Å². The number of rotatable bonds is 5. The number of carbonyl (C=O) groups is 1. The minimum absolute atomic E-state index is 0. The van der Waals surface area contributed by atoms with Gasteiger partial charge in [-0.25, -0.2) is 4.98 Å². The summed E-state index contributed by atoms with van der Waals surface area (Å²) in [5, 5.41) is 3.02. The number of nitrogens with two attached hydrogens (primary N) is 1. The quantitative estimate of drug-likeness (QED) is 0.670. The highest BCUT2D eigenvalue weighted by Crippen LogP contribution is 2.23. The number of halogens is 2. The number of aromatic nitrogens is 2. The molecule has 7 heteroatoms. The maximum absolute atomic E-state index is 12.8. The number of aryl methyl sites for hydroxylation is 1. The van der Waals surface area contributed by atoms with E-state index in [0.29, 0.717) is 0 Å². The van der Waals surface area contributed by atoms with Gasteiger partial charge in [-0.2, -0.15) is 0 Å². The van der Waals surface area contributed by atoms with Crippen molar-refractivity contribution in [1.29, 1.82) is 0 Å². The van der Waals surface area contributed by atoms with E-state index in [0.717, 1.165) is 29.0 Å². The smallest absolute Gasteiger partial charge is 0.244 e. The molecule has 1 heterocycles. The fourth-order valence-electron chi connectivity index (χ4n) is 3.08. The summed E-state index contributed by atoms with van der Waals surface area (Å²) in [6.07, 6.45) is 0. The van der Waals surface area contributed by atoms with E-state index in [1.165, 1.54) is 0 Å². The number of hydrogen-bond donors (Lipinski definition) is 2. The van der Waals surface area contributed by atoms with E-state index in [1.54, 1.807) is 6.92 Å². The number of amides is 1. The Bertz CT molecular complexity index is 893. The molecule has 146 valence electrons. The molecule has 1 aromatic heterocycles. The van der Waals surface area contributed by atoms with Gasteiger partial charge in [-0.05, 0) is 38.5 Å². The van der Waals surface area contributed by atoms with Crippen molar-refractivity contribution in [2.75, 3.05) is 0 Å². The summed E-state index contributed by atoms with van der Waals surface area (Å²) in [5.74, 6) is 0.613. The van der Waals surface area contributed by atoms with Crippen molar-refractivity contribution < 1.29 is 4.79 Å². The third kappa shape index (κ3) is 4.43. The molecule has 0 bridgehead atoms. The molecule has 0 fully saturated rings. The van der Waals surface area contributed by atoms with E-state index in [4.69, 9.17) is 10.7 Å². The lowest BCUT2D eigenvalue weighted by atomic mass is 9.92. The second-order valence-electron chi connectivity index (χ2n) is 6.47. The lowest BCUT2D eigenvalue weighted by molar-refractivity contribution is -0.126. The van der Waals surface area contributed by atoms with Crippen LogP contribution >= 0.6 is 24.8 Å². The number of hydrogen-bond acceptors (Lipinski definition) is 3. The molecule has 27 heavy (non-hydrogen) atoms. The van der Waals surface area contributed by atoms with Gasteiger partial charge in [-0.1, -0.05) is 42.5 Å². The summed E-state index contributed by atoms with van der Waals surface area (Å²) in [7, 11) is 0. The third-order valence-electron chi connectivity index (χ3n) is 4.58. The molecule has 0 saturated heterocycles. The SMILES string of the molecule is CCn1c(C(C)NC(=O)C(C)(N)c2ccccc2)nc2ccccc21.Cl.Cl. The number of nitrogens with one attached hydrogen (secondary N) is 1. The molecule has 0 aliphatic rings. The Morgan fingerprint density at radius 1 is 1.15 bits per heavy atom. The van der Waals surface area contributed by atoms with Crippen molar-refractivity contribution in [1.82, 2.24) is 14.9 Å². The molecule has 2 aromatic carbocycles. The monoisotopic (exact) mass is 408 g/mol. The summed E-state index contributed by atoms with van der Waals surface area (Å²) >= 11 is 0. The van der Waals surface area contributed by atoms with E-state index >= 15 is 0 Å². The first-order chi connectivity index (χ1) is 11.9. The van der Waals surface area contributed by atoms with Gasteiger partial charge in [0, 0.05) is 6.54 Å². The minimum atomic E-state index is -1.10. The average Bonchev–Trinajstić information content (AvgIpc) is 3.01. The molecular weight excluding hydrogens is 383 g/mol. The summed E-state index contributed by atoms with van der Waals surface area (Å²) < 4.78 is 2.12. The molecule has 2 unspecified atom stereocenters. The fraction of sp³-hybridized carbons (Fsp3) is 0.300. The Morgan fingerprint density at radius 3 is 2.37 bits per heavy atom. The molecule has 0 aliphatic carbocycles. The van der Waals surface area contributed by atoms with Crippen LogP contribution in [0.1, 0.15) is 38.2 Å². The van der Waals surface area contributed by atoms with Crippen molar-refractivity contribution >= 4 is 41.8 Å². The summed E-state index contributed by atoms with van der Waals surface area (Å²) in [4.78, 5) is 17.5. The first kappa shape index (κ1) is 23.0. The van der Waals surface area contributed by atoms with Gasteiger partial charge in [-0.3, -0.25) is 4.79 Å². The zero-order valence-electron chi connectivity index (χ0n) is 15.7. The van der Waals surface area contributed by atoms with E-state index in [-0.39, 0.29) is 36.8 Å². The van der Waals surface area contributed by atoms with Crippen LogP contribution in [0.5, 0.6) is 0 Å². The maximum atomic E-state index is 12.8. The molecule has 3 rings (SSSR count). The van der Waals surface area contributed by atoms with E-state index < -0.39 is 5.54 Å². The van der Waals surface area contributed by atoms with E-state index in [9.17, 15) is 4.79 Å². The first-order valence-electron chi connectivity index (χ1n) is 8.55. The van der Waals surface area contributed by atoms with Crippen LogP contribution < -0.4 is 11.1 Å². The molecule has 5 nitrogen and oxygen atoms in total. The summed E-state index contributed by atoms with van der Waals surface area (Å²) in [5.41, 5.74) is 8.00. The maximum Gasteiger partial charge on any atom is 0.244 e. The predicted molar refractivity (Wildman–Crippen MR) is 114 cm³/mol. The van der Waals surface area contributed by atoms with Crippen molar-refractivity contribution in [2.45, 2.75) is 38.9 Å². The van der Waals surface area contributed by atoms with Crippen molar-refractivity contribution in [2.24, 2.45) is 5.73 Å². The number of fused-ring (bicyclic) bond motifs is 1. The lowest BCUT2D eigenvalue weighted by Gasteiger charge is -2.26. The summed E-state index contributed by atoms with van der Waals surface area (Å²) in [6.45, 7) is 6.53. The Kier molecular flexibility index (Phi) is 7.84. The first-order valence-corrected chi connectivity index (χ1v) is 8.55. The minimum Gasteiger partial charge on any atom is -0.345 e. The Hall–Kier alpha value is -2.08. The zero-order valence-corrected chi connectivity index (χ0v) is 17.3. The number of para-hydroxylation sites is 2. The highest BCUT2D eigenvalue weighted by molar-refractivity contribution is 5.87. The molecule has 0 radical (unpaired) electrons. The van der Waals surface area contributed by atoms with Crippen molar-refractivity contribution in [3.05, 3.63) is 66.0 Å². The van der Waals surface area contributed by atoms with Gasteiger partial charge in [0.1, 0.15) is 11.4 Å². The Balaban J connectivity index is 0.00000182. The molecule has 2 atom stereocenters. The molecule has 3 aromatic rings. The lowest BCUT2D eigenvalue weighted by Crippen LogP contribution is -2.49. The molecule has 0 saturated carbocycles. The van der Waals surface area contributed by atoms with Gasteiger partial charge in [0.2, 0.25) is 5.91 Å². The standard InChI is InChI=1S/C20H24N4O.2ClH/c1-4-24-17-13-9-8-12-16(17)23-18(24)14(2)22-19(25)20(3,21)15-10-6-5-7-11-15;;/h5-14H,4,21H2,1-3H3,(H,22,25);2*1H. The average molecular weight is 409 g/mol. The second kappa shape index (κ2) is 9.22.